The highest BCUT2D eigenvalue weighted by Crippen LogP contribution is 2.15. The molecule has 1 amide bonds. The minimum Gasteiger partial charge on any atom is -0.394 e. The summed E-state index contributed by atoms with van der Waals surface area (Å²) < 4.78 is 0. The normalized spacial score (nSPS) is 13.1. The van der Waals surface area contributed by atoms with E-state index in [1.54, 1.807) is 0 Å². The minimum absolute atomic E-state index is 0.0337. The highest BCUT2D eigenvalue weighted by Gasteiger charge is 2.19. The van der Waals surface area contributed by atoms with E-state index in [9.17, 15) is 15.0 Å². The van der Waals surface area contributed by atoms with Gasteiger partial charge in [-0.3, -0.25) is 4.79 Å². The molecule has 0 fully saturated rings. The number of hydrogen-bond acceptors (Lipinski definition) is 3. The lowest BCUT2D eigenvalue weighted by Gasteiger charge is -2.22. The quantitative estimate of drug-likeness (QED) is 0.0877. The molecule has 0 aliphatic carbocycles. The number of amides is 1. The number of unbranched alkanes of at least 4 members (excludes halogenated alkanes) is 22. The molecular formula is C32H65NO3. The van der Waals surface area contributed by atoms with Crippen LogP contribution in [0.25, 0.3) is 0 Å². The van der Waals surface area contributed by atoms with Gasteiger partial charge in [-0.2, -0.15) is 0 Å². The second kappa shape index (κ2) is 29.0. The first kappa shape index (κ1) is 35.4. The summed E-state index contributed by atoms with van der Waals surface area (Å²) in [5.41, 5.74) is 0. The Morgan fingerprint density at radius 3 is 1.25 bits per heavy atom. The molecule has 216 valence electrons. The average Bonchev–Trinajstić information content (AvgIpc) is 2.88. The maximum Gasteiger partial charge on any atom is 0.220 e. The Labute approximate surface area is 225 Å². The fourth-order valence-electron chi connectivity index (χ4n) is 5.06. The van der Waals surface area contributed by atoms with Gasteiger partial charge in [-0.15, -0.1) is 0 Å². The molecule has 36 heavy (non-hydrogen) atoms. The predicted molar refractivity (Wildman–Crippen MR) is 156 cm³/mol. The topological polar surface area (TPSA) is 69.6 Å². The van der Waals surface area contributed by atoms with Crippen LogP contribution in [0.1, 0.15) is 181 Å². The van der Waals surface area contributed by atoms with Crippen LogP contribution in [0.2, 0.25) is 0 Å². The van der Waals surface area contributed by atoms with Crippen molar-refractivity contribution in [2.45, 2.75) is 193 Å². The lowest BCUT2D eigenvalue weighted by Crippen LogP contribution is -2.45. The number of aliphatic hydroxyl groups is 2. The van der Waals surface area contributed by atoms with Crippen molar-refractivity contribution in [2.75, 3.05) is 6.61 Å². The Morgan fingerprint density at radius 2 is 0.889 bits per heavy atom. The smallest absolute Gasteiger partial charge is 0.220 e. The Hall–Kier alpha value is -0.610. The van der Waals surface area contributed by atoms with Crippen molar-refractivity contribution in [3.63, 3.8) is 0 Å². The third-order valence-corrected chi connectivity index (χ3v) is 7.62. The molecule has 0 bridgehead atoms. The van der Waals surface area contributed by atoms with Gasteiger partial charge in [0.25, 0.3) is 0 Å². The third kappa shape index (κ3) is 25.1. The summed E-state index contributed by atoms with van der Waals surface area (Å²) in [5, 5.41) is 22.8. The first-order chi connectivity index (χ1) is 17.7. The van der Waals surface area contributed by atoms with E-state index in [0.29, 0.717) is 12.8 Å². The van der Waals surface area contributed by atoms with E-state index in [1.807, 2.05) is 0 Å². The first-order valence-electron chi connectivity index (χ1n) is 16.2. The van der Waals surface area contributed by atoms with Crippen LogP contribution in [0.5, 0.6) is 0 Å². The molecule has 0 aliphatic rings. The number of hydrogen-bond donors (Lipinski definition) is 3. The Balaban J connectivity index is 3.48. The molecule has 4 heteroatoms. The molecule has 0 aromatic heterocycles. The van der Waals surface area contributed by atoms with E-state index in [-0.39, 0.29) is 12.5 Å². The van der Waals surface area contributed by atoms with E-state index in [4.69, 9.17) is 0 Å². The summed E-state index contributed by atoms with van der Waals surface area (Å²) in [6, 6.07) is -0.525. The zero-order valence-corrected chi connectivity index (χ0v) is 24.5. The van der Waals surface area contributed by atoms with Crippen LogP contribution in [0, 0.1) is 0 Å². The molecule has 0 spiro atoms. The molecule has 3 N–H and O–H groups in total. The number of carbonyl (C=O) groups excluding carboxylic acids is 1. The number of nitrogens with one attached hydrogen (secondary N) is 1. The molecule has 0 heterocycles. The van der Waals surface area contributed by atoms with Crippen LogP contribution in [0.4, 0.5) is 0 Å². The van der Waals surface area contributed by atoms with Gasteiger partial charge in [-0.1, -0.05) is 162 Å². The standard InChI is InChI=1S/C32H65NO3/c1-3-5-7-9-11-12-13-14-15-16-17-18-19-20-22-24-26-28-32(36)33-30(29-34)31(35)27-25-23-21-10-8-6-4-2/h30-31,34-35H,3-29H2,1-2H3,(H,33,36). The van der Waals surface area contributed by atoms with E-state index < -0.39 is 12.1 Å². The molecule has 4 nitrogen and oxygen atoms in total. The lowest BCUT2D eigenvalue weighted by atomic mass is 10.0. The number of aliphatic hydroxyl groups excluding tert-OH is 2. The van der Waals surface area contributed by atoms with Crippen LogP contribution in [0.15, 0.2) is 0 Å². The fraction of sp³-hybridized carbons (Fsp3) is 0.969. The van der Waals surface area contributed by atoms with Crippen molar-refractivity contribution >= 4 is 5.91 Å². The van der Waals surface area contributed by atoms with Crippen molar-refractivity contribution in [1.29, 1.82) is 0 Å². The molecule has 0 saturated carbocycles. The summed E-state index contributed by atoms with van der Waals surface area (Å²) in [7, 11) is 0. The van der Waals surface area contributed by atoms with Gasteiger partial charge in [0.05, 0.1) is 18.8 Å². The second-order valence-corrected chi connectivity index (χ2v) is 11.2. The fourth-order valence-corrected chi connectivity index (χ4v) is 5.06. The van der Waals surface area contributed by atoms with Gasteiger partial charge in [0.2, 0.25) is 5.91 Å². The predicted octanol–water partition coefficient (Wildman–Crippen LogP) is 9.01. The first-order valence-corrected chi connectivity index (χ1v) is 16.2. The Bertz CT molecular complexity index is 443. The van der Waals surface area contributed by atoms with Crippen molar-refractivity contribution in [1.82, 2.24) is 5.32 Å². The molecule has 0 radical (unpaired) electrons. The van der Waals surface area contributed by atoms with Crippen molar-refractivity contribution in [3.8, 4) is 0 Å². The number of carbonyl (C=O) groups is 1. The molecule has 2 unspecified atom stereocenters. The SMILES string of the molecule is CCCCCCCCCCCCCCCCCCCC(=O)NC(CO)C(O)CCCCCCCCC. The minimum atomic E-state index is -0.648. The van der Waals surface area contributed by atoms with Gasteiger partial charge in [0.15, 0.2) is 0 Å². The average molecular weight is 512 g/mol. The zero-order chi connectivity index (χ0) is 26.5. The van der Waals surface area contributed by atoms with E-state index in [2.05, 4.69) is 19.2 Å². The summed E-state index contributed by atoms with van der Waals surface area (Å²) >= 11 is 0. The Morgan fingerprint density at radius 1 is 0.556 bits per heavy atom. The summed E-state index contributed by atoms with van der Waals surface area (Å²) in [6.45, 7) is 4.31. The summed E-state index contributed by atoms with van der Waals surface area (Å²) in [4.78, 5) is 12.2. The molecule has 0 aromatic carbocycles. The van der Waals surface area contributed by atoms with E-state index in [0.717, 1.165) is 25.7 Å². The molecule has 0 aromatic rings. The van der Waals surface area contributed by atoms with Crippen LogP contribution < -0.4 is 5.32 Å². The van der Waals surface area contributed by atoms with E-state index >= 15 is 0 Å². The maximum absolute atomic E-state index is 12.2. The molecular weight excluding hydrogens is 446 g/mol. The monoisotopic (exact) mass is 511 g/mol. The van der Waals surface area contributed by atoms with Gasteiger partial charge in [0.1, 0.15) is 0 Å². The highest BCUT2D eigenvalue weighted by atomic mass is 16.3. The summed E-state index contributed by atoms with van der Waals surface area (Å²) in [6.07, 6.45) is 31.6. The van der Waals surface area contributed by atoms with Crippen LogP contribution in [0.3, 0.4) is 0 Å². The van der Waals surface area contributed by atoms with Crippen molar-refractivity contribution in [2.24, 2.45) is 0 Å². The van der Waals surface area contributed by atoms with Gasteiger partial charge >= 0.3 is 0 Å². The van der Waals surface area contributed by atoms with Crippen LogP contribution in [-0.4, -0.2) is 34.9 Å². The maximum atomic E-state index is 12.2. The van der Waals surface area contributed by atoms with Gasteiger partial charge < -0.3 is 15.5 Å². The van der Waals surface area contributed by atoms with Gasteiger partial charge in [-0.25, -0.2) is 0 Å². The molecule has 0 rings (SSSR count). The van der Waals surface area contributed by atoms with E-state index in [1.165, 1.54) is 128 Å². The molecule has 0 saturated heterocycles. The highest BCUT2D eigenvalue weighted by molar-refractivity contribution is 5.76. The second-order valence-electron chi connectivity index (χ2n) is 11.2. The van der Waals surface area contributed by atoms with Crippen LogP contribution >= 0.6 is 0 Å². The van der Waals surface area contributed by atoms with Crippen molar-refractivity contribution < 1.29 is 15.0 Å². The van der Waals surface area contributed by atoms with Gasteiger partial charge in [0, 0.05) is 6.42 Å². The summed E-state index contributed by atoms with van der Waals surface area (Å²) in [5.74, 6) is -0.0337. The largest absolute Gasteiger partial charge is 0.394 e. The lowest BCUT2D eigenvalue weighted by molar-refractivity contribution is -0.123. The Kier molecular flexibility index (Phi) is 28.5. The van der Waals surface area contributed by atoms with Gasteiger partial charge in [-0.05, 0) is 12.8 Å². The third-order valence-electron chi connectivity index (χ3n) is 7.62. The molecule has 2 atom stereocenters. The zero-order valence-electron chi connectivity index (χ0n) is 24.5. The number of rotatable bonds is 29. The van der Waals surface area contributed by atoms with Crippen molar-refractivity contribution in [3.05, 3.63) is 0 Å². The van der Waals surface area contributed by atoms with Crippen LogP contribution in [-0.2, 0) is 4.79 Å². The molecule has 0 aliphatic heterocycles.